The van der Waals surface area contributed by atoms with E-state index in [0.717, 1.165) is 36.6 Å². The van der Waals surface area contributed by atoms with E-state index in [1.54, 1.807) is 12.1 Å². The zero-order valence-electron chi connectivity index (χ0n) is 14.7. The molecule has 0 atom stereocenters. The SMILES string of the molecule is CCCN(CCC)c1ccc(N=Nc2nnc(C(C)C)s2)c([O-])c1. The molecular weight excluding hydrogens is 322 g/mol. The van der Waals surface area contributed by atoms with Gasteiger partial charge in [-0.15, -0.1) is 20.4 Å². The quantitative estimate of drug-likeness (QED) is 0.645. The number of nitrogens with zero attached hydrogens (tertiary/aromatic N) is 5. The van der Waals surface area contributed by atoms with Crippen LogP contribution in [0.5, 0.6) is 5.75 Å². The van der Waals surface area contributed by atoms with Crippen LogP contribution in [0.25, 0.3) is 0 Å². The minimum absolute atomic E-state index is 0.123. The number of hydrogen-bond acceptors (Lipinski definition) is 7. The van der Waals surface area contributed by atoms with E-state index in [4.69, 9.17) is 0 Å². The van der Waals surface area contributed by atoms with Crippen LogP contribution < -0.4 is 10.0 Å². The van der Waals surface area contributed by atoms with Crippen molar-refractivity contribution in [2.45, 2.75) is 46.5 Å². The van der Waals surface area contributed by atoms with E-state index in [1.165, 1.54) is 11.3 Å². The Morgan fingerprint density at radius 1 is 1.12 bits per heavy atom. The van der Waals surface area contributed by atoms with Crippen molar-refractivity contribution in [2.24, 2.45) is 10.2 Å². The molecule has 1 aromatic carbocycles. The highest BCUT2D eigenvalue weighted by Crippen LogP contribution is 2.32. The summed E-state index contributed by atoms with van der Waals surface area (Å²) in [6, 6.07) is 5.30. The van der Waals surface area contributed by atoms with E-state index in [-0.39, 0.29) is 5.75 Å². The van der Waals surface area contributed by atoms with Gasteiger partial charge in [-0.05, 0) is 31.0 Å². The lowest BCUT2D eigenvalue weighted by atomic mass is 10.2. The number of azo groups is 1. The highest BCUT2D eigenvalue weighted by atomic mass is 32.1. The first-order chi connectivity index (χ1) is 11.5. The summed E-state index contributed by atoms with van der Waals surface area (Å²) in [5, 5.41) is 29.8. The van der Waals surface area contributed by atoms with Crippen LogP contribution >= 0.6 is 11.3 Å². The molecule has 1 heterocycles. The molecule has 2 rings (SSSR count). The first-order valence-electron chi connectivity index (χ1n) is 8.36. The van der Waals surface area contributed by atoms with Crippen molar-refractivity contribution in [1.82, 2.24) is 10.2 Å². The maximum Gasteiger partial charge on any atom is 0.251 e. The first-order valence-corrected chi connectivity index (χ1v) is 9.17. The molecule has 6 nitrogen and oxygen atoms in total. The Morgan fingerprint density at radius 2 is 1.83 bits per heavy atom. The molecular formula is C17H24N5OS-. The second kappa shape index (κ2) is 8.73. The topological polar surface area (TPSA) is 76.8 Å². The summed E-state index contributed by atoms with van der Waals surface area (Å²) in [7, 11) is 0. The summed E-state index contributed by atoms with van der Waals surface area (Å²) < 4.78 is 0. The Balaban J connectivity index is 2.15. The minimum atomic E-state index is -0.123. The zero-order chi connectivity index (χ0) is 17.5. The average Bonchev–Trinajstić information content (AvgIpc) is 3.03. The van der Waals surface area contributed by atoms with Crippen molar-refractivity contribution < 1.29 is 5.11 Å². The molecule has 0 bridgehead atoms. The Hall–Kier alpha value is -2.02. The summed E-state index contributed by atoms with van der Waals surface area (Å²) in [6.07, 6.45) is 2.09. The van der Waals surface area contributed by atoms with Gasteiger partial charge >= 0.3 is 0 Å². The minimum Gasteiger partial charge on any atom is -0.871 e. The van der Waals surface area contributed by atoms with Gasteiger partial charge in [-0.3, -0.25) is 0 Å². The van der Waals surface area contributed by atoms with Crippen LogP contribution in [0.2, 0.25) is 0 Å². The van der Waals surface area contributed by atoms with Gasteiger partial charge in [0.1, 0.15) is 5.01 Å². The molecule has 0 aliphatic rings. The summed E-state index contributed by atoms with van der Waals surface area (Å²) in [6.45, 7) is 10.3. The van der Waals surface area contributed by atoms with Gasteiger partial charge < -0.3 is 10.0 Å². The van der Waals surface area contributed by atoms with Gasteiger partial charge in [0.05, 0.1) is 5.69 Å². The lowest BCUT2D eigenvalue weighted by molar-refractivity contribution is -0.267. The van der Waals surface area contributed by atoms with E-state index in [1.807, 2.05) is 19.9 Å². The van der Waals surface area contributed by atoms with Crippen molar-refractivity contribution in [1.29, 1.82) is 0 Å². The van der Waals surface area contributed by atoms with Crippen molar-refractivity contribution in [3.63, 3.8) is 0 Å². The number of anilines is 1. The largest absolute Gasteiger partial charge is 0.871 e. The molecule has 0 N–H and O–H groups in total. The molecule has 130 valence electrons. The molecule has 0 saturated heterocycles. The van der Waals surface area contributed by atoms with Gasteiger partial charge in [-0.25, -0.2) is 0 Å². The maximum atomic E-state index is 12.3. The van der Waals surface area contributed by atoms with Crippen molar-refractivity contribution >= 4 is 27.8 Å². The summed E-state index contributed by atoms with van der Waals surface area (Å²) in [4.78, 5) is 2.22. The maximum absolute atomic E-state index is 12.3. The third-order valence-electron chi connectivity index (χ3n) is 3.46. The fraction of sp³-hybridized carbons (Fsp3) is 0.529. The highest BCUT2D eigenvalue weighted by molar-refractivity contribution is 7.15. The van der Waals surface area contributed by atoms with Crippen LogP contribution in [0, 0.1) is 0 Å². The fourth-order valence-electron chi connectivity index (χ4n) is 2.29. The molecule has 0 unspecified atom stereocenters. The first kappa shape index (κ1) is 18.3. The third-order valence-corrected chi connectivity index (χ3v) is 4.57. The highest BCUT2D eigenvalue weighted by Gasteiger charge is 2.08. The summed E-state index contributed by atoms with van der Waals surface area (Å²) in [5.41, 5.74) is 1.27. The Labute approximate surface area is 147 Å². The van der Waals surface area contributed by atoms with Crippen molar-refractivity contribution in [3.8, 4) is 5.75 Å². The van der Waals surface area contributed by atoms with Gasteiger partial charge in [-0.1, -0.05) is 44.8 Å². The fourth-order valence-corrected chi connectivity index (χ4v) is 2.96. The molecule has 7 heteroatoms. The summed E-state index contributed by atoms with van der Waals surface area (Å²) in [5.74, 6) is 0.186. The second-order valence-electron chi connectivity index (χ2n) is 5.92. The Morgan fingerprint density at radius 3 is 2.38 bits per heavy atom. The smallest absolute Gasteiger partial charge is 0.251 e. The molecule has 0 fully saturated rings. The van der Waals surface area contributed by atoms with Gasteiger partial charge in [0.25, 0.3) is 5.13 Å². The second-order valence-corrected chi connectivity index (χ2v) is 6.90. The molecule has 0 amide bonds. The van der Waals surface area contributed by atoms with E-state index in [9.17, 15) is 5.11 Å². The number of rotatable bonds is 8. The standard InChI is InChI=1S/C17H25N5OS/c1-5-9-22(10-6-2)13-7-8-14(15(23)11-13)18-20-17-21-19-16(24-17)12(3)4/h7-8,11-12,23H,5-6,9-10H2,1-4H3/p-1. The predicted octanol–water partition coefficient (Wildman–Crippen LogP) is 4.78. The predicted molar refractivity (Wildman–Crippen MR) is 96.9 cm³/mol. The monoisotopic (exact) mass is 346 g/mol. The average molecular weight is 346 g/mol. The number of benzene rings is 1. The Bertz CT molecular complexity index is 677. The molecule has 2 aromatic rings. The molecule has 24 heavy (non-hydrogen) atoms. The lowest BCUT2D eigenvalue weighted by Crippen LogP contribution is -2.24. The van der Waals surface area contributed by atoms with Crippen LogP contribution in [0.4, 0.5) is 16.5 Å². The number of aromatic nitrogens is 2. The van der Waals surface area contributed by atoms with Gasteiger partial charge in [0.2, 0.25) is 0 Å². The molecule has 0 aliphatic carbocycles. The van der Waals surface area contributed by atoms with E-state index in [2.05, 4.69) is 39.2 Å². The van der Waals surface area contributed by atoms with Crippen LogP contribution in [0.15, 0.2) is 28.4 Å². The molecule has 1 aromatic heterocycles. The molecule has 0 aliphatic heterocycles. The van der Waals surface area contributed by atoms with E-state index in [0.29, 0.717) is 16.7 Å². The van der Waals surface area contributed by atoms with Crippen molar-refractivity contribution in [3.05, 3.63) is 23.2 Å². The van der Waals surface area contributed by atoms with Crippen LogP contribution in [-0.4, -0.2) is 23.3 Å². The Kier molecular flexibility index (Phi) is 6.66. The van der Waals surface area contributed by atoms with Crippen LogP contribution in [0.1, 0.15) is 51.5 Å². The molecule has 0 spiro atoms. The van der Waals surface area contributed by atoms with Crippen LogP contribution in [0.3, 0.4) is 0 Å². The van der Waals surface area contributed by atoms with Gasteiger partial charge in [0.15, 0.2) is 0 Å². The third kappa shape index (κ3) is 4.74. The normalized spacial score (nSPS) is 11.5. The summed E-state index contributed by atoms with van der Waals surface area (Å²) >= 11 is 1.39. The number of hydrogen-bond donors (Lipinski definition) is 0. The van der Waals surface area contributed by atoms with E-state index >= 15 is 0 Å². The van der Waals surface area contributed by atoms with Crippen LogP contribution in [-0.2, 0) is 0 Å². The zero-order valence-corrected chi connectivity index (χ0v) is 15.5. The van der Waals surface area contributed by atoms with E-state index < -0.39 is 0 Å². The van der Waals surface area contributed by atoms with Crippen molar-refractivity contribution in [2.75, 3.05) is 18.0 Å². The van der Waals surface area contributed by atoms with Gasteiger partial charge in [0, 0.05) is 24.7 Å². The van der Waals surface area contributed by atoms with Gasteiger partial charge in [-0.2, -0.15) is 0 Å². The molecule has 0 radical (unpaired) electrons. The lowest BCUT2D eigenvalue weighted by Gasteiger charge is -2.25. The molecule has 0 saturated carbocycles.